The van der Waals surface area contributed by atoms with Crippen LogP contribution in [0.25, 0.3) is 0 Å². The molecule has 164 valence electrons. The Morgan fingerprint density at radius 3 is 2.77 bits per heavy atom. The predicted octanol–water partition coefficient (Wildman–Crippen LogP) is 3.05. The number of benzene rings is 2. The van der Waals surface area contributed by atoms with Crippen molar-refractivity contribution in [2.45, 2.75) is 19.0 Å². The number of nitrogens with one attached hydrogen (secondary N) is 2. The fourth-order valence-corrected chi connectivity index (χ4v) is 4.35. The molecule has 31 heavy (non-hydrogen) atoms. The van der Waals surface area contributed by atoms with Crippen LogP contribution in [0, 0.1) is 0 Å². The summed E-state index contributed by atoms with van der Waals surface area (Å²) in [4.78, 5) is 4.71. The molecule has 2 heterocycles. The third-order valence-corrected chi connectivity index (χ3v) is 6.26. The lowest BCUT2D eigenvalue weighted by molar-refractivity contribution is 0.0389. The SMILES string of the molecule is S=C(NCCN1CCOCC1)N/N=C/[C@@H]1Cc2ccccc2N1Cc1ccccc1Cl. The van der Waals surface area contributed by atoms with Crippen molar-refractivity contribution in [2.24, 2.45) is 5.10 Å². The Labute approximate surface area is 194 Å². The van der Waals surface area contributed by atoms with Gasteiger partial charge < -0.3 is 15.0 Å². The van der Waals surface area contributed by atoms with Crippen molar-refractivity contribution in [3.63, 3.8) is 0 Å². The number of thiocarbonyl (C=S) groups is 1. The number of hydrazone groups is 1. The highest BCUT2D eigenvalue weighted by Gasteiger charge is 2.28. The molecular formula is C23H28ClN5OS. The molecule has 8 heteroatoms. The minimum atomic E-state index is 0.136. The van der Waals surface area contributed by atoms with E-state index in [1.807, 2.05) is 24.4 Å². The lowest BCUT2D eigenvalue weighted by Gasteiger charge is -2.26. The molecular weight excluding hydrogens is 430 g/mol. The van der Waals surface area contributed by atoms with Crippen molar-refractivity contribution in [1.29, 1.82) is 0 Å². The quantitative estimate of drug-likeness (QED) is 0.378. The molecule has 2 aliphatic rings. The van der Waals surface area contributed by atoms with E-state index in [9.17, 15) is 0 Å². The van der Waals surface area contributed by atoms with Gasteiger partial charge in [-0.2, -0.15) is 5.10 Å². The molecule has 0 radical (unpaired) electrons. The average Bonchev–Trinajstić information content (AvgIpc) is 3.13. The van der Waals surface area contributed by atoms with Gasteiger partial charge in [0.15, 0.2) is 5.11 Å². The maximum atomic E-state index is 6.42. The van der Waals surface area contributed by atoms with Crippen LogP contribution in [-0.4, -0.2) is 61.7 Å². The van der Waals surface area contributed by atoms with Crippen LogP contribution in [0.1, 0.15) is 11.1 Å². The first kappa shape index (κ1) is 22.0. The van der Waals surface area contributed by atoms with Crippen molar-refractivity contribution < 1.29 is 4.74 Å². The Bertz CT molecular complexity index is 918. The zero-order chi connectivity index (χ0) is 21.5. The molecule has 2 aliphatic heterocycles. The molecule has 2 aromatic carbocycles. The van der Waals surface area contributed by atoms with Crippen LogP contribution in [-0.2, 0) is 17.7 Å². The second-order valence-corrected chi connectivity index (χ2v) is 8.53. The summed E-state index contributed by atoms with van der Waals surface area (Å²) in [6.45, 7) is 6.03. The van der Waals surface area contributed by atoms with Gasteiger partial charge >= 0.3 is 0 Å². The van der Waals surface area contributed by atoms with Crippen LogP contribution in [0.5, 0.6) is 0 Å². The van der Waals surface area contributed by atoms with Crippen molar-refractivity contribution in [3.05, 3.63) is 64.7 Å². The number of para-hydroxylation sites is 1. The Balaban J connectivity index is 1.32. The summed E-state index contributed by atoms with van der Waals surface area (Å²) in [5.41, 5.74) is 6.61. The summed E-state index contributed by atoms with van der Waals surface area (Å²) in [5, 5.41) is 8.98. The van der Waals surface area contributed by atoms with E-state index in [1.54, 1.807) is 0 Å². The number of rotatable bonds is 7. The standard InChI is InChI=1S/C23H28ClN5OS/c24-21-7-3-1-6-19(21)17-29-20(15-18-5-2-4-8-22(18)29)16-26-27-23(31)25-9-10-28-11-13-30-14-12-28/h1-8,16,20H,9-15,17H2,(H2,25,27,31)/b26-16+/t20-/m0/s1. The Hall–Kier alpha value is -2.19. The van der Waals surface area contributed by atoms with Gasteiger partial charge in [0, 0.05) is 49.6 Å². The number of nitrogens with zero attached hydrogens (tertiary/aromatic N) is 3. The highest BCUT2D eigenvalue weighted by Crippen LogP contribution is 2.33. The van der Waals surface area contributed by atoms with Crippen molar-refractivity contribution >= 4 is 40.8 Å². The summed E-state index contributed by atoms with van der Waals surface area (Å²) < 4.78 is 5.37. The van der Waals surface area contributed by atoms with Crippen LogP contribution >= 0.6 is 23.8 Å². The molecule has 0 bridgehead atoms. The summed E-state index contributed by atoms with van der Waals surface area (Å²) in [6, 6.07) is 16.6. The van der Waals surface area contributed by atoms with Gasteiger partial charge in [-0.15, -0.1) is 0 Å². The topological polar surface area (TPSA) is 52.1 Å². The van der Waals surface area contributed by atoms with E-state index in [0.29, 0.717) is 5.11 Å². The van der Waals surface area contributed by atoms with Crippen LogP contribution in [0.3, 0.4) is 0 Å². The third kappa shape index (κ3) is 5.95. The molecule has 6 nitrogen and oxygen atoms in total. The summed E-state index contributed by atoms with van der Waals surface area (Å²) in [6.07, 6.45) is 2.84. The summed E-state index contributed by atoms with van der Waals surface area (Å²) >= 11 is 11.8. The molecule has 0 aromatic heterocycles. The predicted molar refractivity (Wildman–Crippen MR) is 131 cm³/mol. The molecule has 0 spiro atoms. The van der Waals surface area contributed by atoms with E-state index in [0.717, 1.165) is 62.9 Å². The molecule has 0 aliphatic carbocycles. The van der Waals surface area contributed by atoms with Gasteiger partial charge in [-0.3, -0.25) is 10.3 Å². The minimum Gasteiger partial charge on any atom is -0.379 e. The Morgan fingerprint density at radius 1 is 1.16 bits per heavy atom. The van der Waals surface area contributed by atoms with Gasteiger partial charge in [-0.25, -0.2) is 0 Å². The highest BCUT2D eigenvalue weighted by molar-refractivity contribution is 7.80. The maximum absolute atomic E-state index is 6.42. The zero-order valence-electron chi connectivity index (χ0n) is 17.5. The highest BCUT2D eigenvalue weighted by atomic mass is 35.5. The largest absolute Gasteiger partial charge is 0.379 e. The fraction of sp³-hybridized carbons (Fsp3) is 0.391. The molecule has 1 fully saturated rings. The monoisotopic (exact) mass is 457 g/mol. The van der Waals surface area contributed by atoms with Gasteiger partial charge in [0.2, 0.25) is 0 Å². The first-order valence-corrected chi connectivity index (χ1v) is 11.4. The van der Waals surface area contributed by atoms with E-state index in [2.05, 4.69) is 56.0 Å². The van der Waals surface area contributed by atoms with Crippen molar-refractivity contribution in [3.8, 4) is 0 Å². The number of fused-ring (bicyclic) bond motifs is 1. The molecule has 0 amide bonds. The lowest BCUT2D eigenvalue weighted by Crippen LogP contribution is -2.43. The van der Waals surface area contributed by atoms with Gasteiger partial charge in [-0.05, 0) is 41.9 Å². The van der Waals surface area contributed by atoms with E-state index in [4.69, 9.17) is 28.6 Å². The number of ether oxygens (including phenoxy) is 1. The number of halogens is 1. The van der Waals surface area contributed by atoms with E-state index in [1.165, 1.54) is 11.3 Å². The van der Waals surface area contributed by atoms with E-state index < -0.39 is 0 Å². The van der Waals surface area contributed by atoms with Crippen LogP contribution in [0.15, 0.2) is 53.6 Å². The van der Waals surface area contributed by atoms with Crippen LogP contribution in [0.2, 0.25) is 5.02 Å². The zero-order valence-corrected chi connectivity index (χ0v) is 19.0. The lowest BCUT2D eigenvalue weighted by atomic mass is 10.1. The fourth-order valence-electron chi connectivity index (χ4n) is 4.00. The molecule has 0 unspecified atom stereocenters. The molecule has 2 aromatic rings. The number of morpholine rings is 1. The normalized spacial score (nSPS) is 18.9. The minimum absolute atomic E-state index is 0.136. The Morgan fingerprint density at radius 2 is 1.94 bits per heavy atom. The van der Waals surface area contributed by atoms with Gasteiger partial charge in [0.25, 0.3) is 0 Å². The van der Waals surface area contributed by atoms with Gasteiger partial charge in [-0.1, -0.05) is 48.0 Å². The van der Waals surface area contributed by atoms with E-state index >= 15 is 0 Å². The Kier molecular flexibility index (Phi) is 7.75. The number of anilines is 1. The number of hydrogen-bond donors (Lipinski definition) is 2. The van der Waals surface area contributed by atoms with Crippen LogP contribution < -0.4 is 15.6 Å². The average molecular weight is 458 g/mol. The molecule has 0 saturated carbocycles. The second kappa shape index (κ2) is 10.9. The molecule has 2 N–H and O–H groups in total. The smallest absolute Gasteiger partial charge is 0.186 e. The van der Waals surface area contributed by atoms with Crippen LogP contribution in [0.4, 0.5) is 5.69 Å². The van der Waals surface area contributed by atoms with Crippen molar-refractivity contribution in [2.75, 3.05) is 44.3 Å². The number of hydrogen-bond acceptors (Lipinski definition) is 5. The molecule has 4 rings (SSSR count). The molecule has 1 atom stereocenters. The summed E-state index contributed by atoms with van der Waals surface area (Å²) in [5.74, 6) is 0. The summed E-state index contributed by atoms with van der Waals surface area (Å²) in [7, 11) is 0. The van der Waals surface area contributed by atoms with Crippen molar-refractivity contribution in [1.82, 2.24) is 15.6 Å². The third-order valence-electron chi connectivity index (χ3n) is 5.66. The maximum Gasteiger partial charge on any atom is 0.186 e. The first-order chi connectivity index (χ1) is 15.2. The van der Waals surface area contributed by atoms with Gasteiger partial charge in [0.1, 0.15) is 0 Å². The first-order valence-electron chi connectivity index (χ1n) is 10.7. The molecule has 1 saturated heterocycles. The van der Waals surface area contributed by atoms with Gasteiger partial charge in [0.05, 0.1) is 19.3 Å². The second-order valence-electron chi connectivity index (χ2n) is 7.72. The van der Waals surface area contributed by atoms with E-state index in [-0.39, 0.29) is 6.04 Å².